The quantitative estimate of drug-likeness (QED) is 0.212. The first-order chi connectivity index (χ1) is 22.2. The molecule has 2 fully saturated rings. The molecule has 0 saturated carbocycles. The van der Waals surface area contributed by atoms with E-state index < -0.39 is 0 Å². The number of ether oxygens (including phenoxy) is 1. The maximum absolute atomic E-state index is 14.8. The summed E-state index contributed by atoms with van der Waals surface area (Å²) in [5.74, 6) is 0.705. The minimum atomic E-state index is -0.360. The van der Waals surface area contributed by atoms with Crippen LogP contribution in [0.5, 0.6) is 5.75 Å². The molecule has 45 heavy (non-hydrogen) atoms. The number of H-pyrrole nitrogens is 2. The summed E-state index contributed by atoms with van der Waals surface area (Å²) < 4.78 is 20.8. The van der Waals surface area contributed by atoms with Gasteiger partial charge in [0, 0.05) is 54.3 Å². The van der Waals surface area contributed by atoms with Crippen LogP contribution in [0.25, 0.3) is 56.0 Å². The molecule has 2 N–H and O–H groups in total. The Labute approximate surface area is 259 Å². The number of hydrogen-bond acceptors (Lipinski definition) is 8. The van der Waals surface area contributed by atoms with E-state index in [1.807, 2.05) is 30.6 Å². The van der Waals surface area contributed by atoms with Crippen molar-refractivity contribution in [3.63, 3.8) is 0 Å². The van der Waals surface area contributed by atoms with Crippen LogP contribution >= 0.6 is 0 Å². The molecule has 0 bridgehead atoms. The van der Waals surface area contributed by atoms with E-state index in [0.29, 0.717) is 40.6 Å². The van der Waals surface area contributed by atoms with Crippen LogP contribution < -0.4 is 4.74 Å². The fourth-order valence-corrected chi connectivity index (χ4v) is 6.52. The number of benzene rings is 1. The van der Waals surface area contributed by atoms with Crippen LogP contribution in [-0.2, 0) is 6.54 Å². The highest BCUT2D eigenvalue weighted by atomic mass is 19.1. The van der Waals surface area contributed by atoms with E-state index in [9.17, 15) is 4.39 Å². The molecule has 6 aromatic rings. The normalized spacial score (nSPS) is 15.9. The number of halogens is 1. The molecule has 2 saturated heterocycles. The molecule has 10 nitrogen and oxygen atoms in total. The van der Waals surface area contributed by atoms with E-state index in [0.717, 1.165) is 67.0 Å². The second-order valence-corrected chi connectivity index (χ2v) is 12.0. The Morgan fingerprint density at radius 2 is 1.71 bits per heavy atom. The molecule has 0 unspecified atom stereocenters. The second kappa shape index (κ2) is 12.0. The first-order valence-electron chi connectivity index (χ1n) is 15.7. The molecule has 0 radical (unpaired) electrons. The predicted octanol–water partition coefficient (Wildman–Crippen LogP) is 5.83. The zero-order valence-electron chi connectivity index (χ0n) is 25.0. The molecule has 8 rings (SSSR count). The van der Waals surface area contributed by atoms with Gasteiger partial charge in [0.05, 0.1) is 17.4 Å². The van der Waals surface area contributed by atoms with E-state index in [-0.39, 0.29) is 5.82 Å². The van der Waals surface area contributed by atoms with E-state index >= 15 is 0 Å². The van der Waals surface area contributed by atoms with Crippen molar-refractivity contribution >= 4 is 22.1 Å². The molecule has 7 heterocycles. The fourth-order valence-electron chi connectivity index (χ4n) is 6.52. The van der Waals surface area contributed by atoms with Gasteiger partial charge in [0.25, 0.3) is 0 Å². The maximum Gasteiger partial charge on any atom is 0.160 e. The van der Waals surface area contributed by atoms with Crippen LogP contribution in [0, 0.1) is 5.82 Å². The summed E-state index contributed by atoms with van der Waals surface area (Å²) in [6.45, 7) is 6.71. The summed E-state index contributed by atoms with van der Waals surface area (Å²) in [6, 6.07) is 10.8. The SMILES string of the molecule is Fc1cc(OCCN2CCCC2)cc(-c2ccnc3[nH]c(-c4n[nH]c5cnc(-c6cncc(CN7CCCC7)c6)cc45)nc23)c1. The van der Waals surface area contributed by atoms with Gasteiger partial charge in [-0.1, -0.05) is 0 Å². The average Bonchev–Trinajstić information content (AvgIpc) is 3.88. The van der Waals surface area contributed by atoms with Crippen LogP contribution in [0.1, 0.15) is 31.2 Å². The van der Waals surface area contributed by atoms with E-state index in [1.54, 1.807) is 12.4 Å². The van der Waals surface area contributed by atoms with Gasteiger partial charge >= 0.3 is 0 Å². The van der Waals surface area contributed by atoms with Crippen molar-refractivity contribution in [3.8, 4) is 39.7 Å². The number of fused-ring (bicyclic) bond motifs is 2. The molecule has 228 valence electrons. The number of aromatic amines is 2. The molecule has 5 aromatic heterocycles. The molecule has 0 atom stereocenters. The molecule has 2 aliphatic rings. The maximum atomic E-state index is 14.8. The Kier molecular flexibility index (Phi) is 7.40. The van der Waals surface area contributed by atoms with Gasteiger partial charge in [-0.15, -0.1) is 0 Å². The van der Waals surface area contributed by atoms with Gasteiger partial charge < -0.3 is 9.72 Å². The van der Waals surface area contributed by atoms with Crippen molar-refractivity contribution in [2.24, 2.45) is 0 Å². The van der Waals surface area contributed by atoms with Gasteiger partial charge in [0.2, 0.25) is 0 Å². The number of likely N-dealkylation sites (tertiary alicyclic amines) is 2. The highest BCUT2D eigenvalue weighted by molar-refractivity contribution is 5.96. The van der Waals surface area contributed by atoms with Crippen LogP contribution in [0.4, 0.5) is 4.39 Å². The van der Waals surface area contributed by atoms with E-state index in [1.165, 1.54) is 43.4 Å². The first-order valence-corrected chi connectivity index (χ1v) is 15.7. The highest BCUT2D eigenvalue weighted by Gasteiger charge is 2.19. The number of nitrogens with zero attached hydrogens (tertiary/aromatic N) is 7. The van der Waals surface area contributed by atoms with Crippen molar-refractivity contribution in [2.45, 2.75) is 32.2 Å². The molecule has 1 aromatic carbocycles. The van der Waals surface area contributed by atoms with Crippen molar-refractivity contribution in [1.82, 2.24) is 44.9 Å². The van der Waals surface area contributed by atoms with Crippen molar-refractivity contribution in [1.29, 1.82) is 0 Å². The summed E-state index contributed by atoms with van der Waals surface area (Å²) >= 11 is 0. The number of imidazole rings is 1. The summed E-state index contributed by atoms with van der Waals surface area (Å²) in [4.78, 5) is 26.8. The fraction of sp³-hybridized carbons (Fsp3) is 0.324. The Hall–Kier alpha value is -4.74. The molecular formula is C34H34FN9O. The van der Waals surface area contributed by atoms with Crippen LogP contribution in [-0.4, -0.2) is 84.2 Å². The monoisotopic (exact) mass is 603 g/mol. The lowest BCUT2D eigenvalue weighted by molar-refractivity contribution is 0.237. The molecule has 0 amide bonds. The molecule has 2 aliphatic heterocycles. The molecule has 0 aliphatic carbocycles. The van der Waals surface area contributed by atoms with Crippen LogP contribution in [0.15, 0.2) is 61.2 Å². The standard InChI is InChI=1S/C34H34FN9O/c35-25-14-23(15-26(16-25)45-12-11-43-7-1-2-8-43)27-5-6-37-33-31(27)39-34(40-33)32-28-17-29(38-20-30(28)41-42-32)24-13-22(18-36-19-24)21-44-9-3-4-10-44/h5-6,13-20H,1-4,7-12,21H2,(H,41,42)(H,37,39,40). The summed E-state index contributed by atoms with van der Waals surface area (Å²) in [5.41, 5.74) is 7.06. The van der Waals surface area contributed by atoms with Crippen LogP contribution in [0.2, 0.25) is 0 Å². The van der Waals surface area contributed by atoms with Gasteiger partial charge in [-0.3, -0.25) is 24.9 Å². The average molecular weight is 604 g/mol. The lowest BCUT2D eigenvalue weighted by Gasteiger charge is -2.15. The third kappa shape index (κ3) is 5.76. The number of aromatic nitrogens is 7. The topological polar surface area (TPSA) is 112 Å². The minimum Gasteiger partial charge on any atom is -0.492 e. The van der Waals surface area contributed by atoms with Gasteiger partial charge in [0.15, 0.2) is 11.5 Å². The summed E-state index contributed by atoms with van der Waals surface area (Å²) in [7, 11) is 0. The Morgan fingerprint density at radius 3 is 2.58 bits per heavy atom. The van der Waals surface area contributed by atoms with Gasteiger partial charge in [-0.05, 0) is 93.3 Å². The smallest absolute Gasteiger partial charge is 0.160 e. The number of rotatable bonds is 9. The third-order valence-corrected chi connectivity index (χ3v) is 8.81. The van der Waals surface area contributed by atoms with Crippen molar-refractivity contribution in [3.05, 3.63) is 72.6 Å². The molecule has 11 heteroatoms. The molecular weight excluding hydrogens is 569 g/mol. The Balaban J connectivity index is 1.09. The van der Waals surface area contributed by atoms with E-state index in [2.05, 4.69) is 41.0 Å². The van der Waals surface area contributed by atoms with Crippen molar-refractivity contribution in [2.75, 3.05) is 39.3 Å². The Morgan fingerprint density at radius 1 is 0.867 bits per heavy atom. The third-order valence-electron chi connectivity index (χ3n) is 8.81. The predicted molar refractivity (Wildman–Crippen MR) is 171 cm³/mol. The molecule has 0 spiro atoms. The summed E-state index contributed by atoms with van der Waals surface area (Å²) in [6.07, 6.45) is 12.2. The van der Waals surface area contributed by atoms with E-state index in [4.69, 9.17) is 14.7 Å². The van der Waals surface area contributed by atoms with Crippen molar-refractivity contribution < 1.29 is 9.13 Å². The zero-order valence-corrected chi connectivity index (χ0v) is 25.0. The van der Waals surface area contributed by atoms with Gasteiger partial charge in [-0.2, -0.15) is 5.10 Å². The van der Waals surface area contributed by atoms with Crippen LogP contribution in [0.3, 0.4) is 0 Å². The van der Waals surface area contributed by atoms with Gasteiger partial charge in [0.1, 0.15) is 29.4 Å². The highest BCUT2D eigenvalue weighted by Crippen LogP contribution is 2.33. The van der Waals surface area contributed by atoms with Gasteiger partial charge in [-0.25, -0.2) is 14.4 Å². The largest absolute Gasteiger partial charge is 0.492 e. The zero-order chi connectivity index (χ0) is 30.2. The summed E-state index contributed by atoms with van der Waals surface area (Å²) in [5, 5.41) is 8.55. The number of nitrogens with one attached hydrogen (secondary N) is 2. The lowest BCUT2D eigenvalue weighted by atomic mass is 10.1. The number of pyridine rings is 3. The second-order valence-electron chi connectivity index (χ2n) is 12.0. The minimum absolute atomic E-state index is 0.360. The Bertz CT molecular complexity index is 1970. The number of hydrogen-bond donors (Lipinski definition) is 2. The first kappa shape index (κ1) is 27.8. The lowest BCUT2D eigenvalue weighted by Crippen LogP contribution is -2.25.